The predicted molar refractivity (Wildman–Crippen MR) is 90.3 cm³/mol. The van der Waals surface area contributed by atoms with Crippen molar-refractivity contribution in [2.75, 3.05) is 0 Å². The van der Waals surface area contributed by atoms with E-state index in [9.17, 15) is 4.79 Å². The first-order valence-corrected chi connectivity index (χ1v) is 8.21. The van der Waals surface area contributed by atoms with Crippen LogP contribution in [0.4, 0.5) is 0 Å². The van der Waals surface area contributed by atoms with Crippen LogP contribution in [0.5, 0.6) is 0 Å². The number of aromatic amines is 1. The van der Waals surface area contributed by atoms with E-state index in [-0.39, 0.29) is 11.7 Å². The normalized spacial score (nSPS) is 15.7. The van der Waals surface area contributed by atoms with Crippen LogP contribution in [0.2, 0.25) is 0 Å². The van der Waals surface area contributed by atoms with Gasteiger partial charge in [-0.15, -0.1) is 0 Å². The molecule has 1 saturated carbocycles. The fourth-order valence-corrected chi connectivity index (χ4v) is 3.64. The summed E-state index contributed by atoms with van der Waals surface area (Å²) in [7, 11) is 0. The van der Waals surface area contributed by atoms with Gasteiger partial charge < -0.3 is 4.98 Å². The summed E-state index contributed by atoms with van der Waals surface area (Å²) in [5, 5.41) is 0. The number of hydrogen-bond donors (Lipinski definition) is 1. The zero-order chi connectivity index (χ0) is 16.1. The van der Waals surface area contributed by atoms with Gasteiger partial charge in [-0.3, -0.25) is 9.13 Å². The van der Waals surface area contributed by atoms with Crippen molar-refractivity contribution in [2.24, 2.45) is 0 Å². The van der Waals surface area contributed by atoms with Crippen molar-refractivity contribution in [3.63, 3.8) is 0 Å². The van der Waals surface area contributed by atoms with E-state index >= 15 is 0 Å². The maximum atomic E-state index is 12.4. The average Bonchev–Trinajstić information content (AvgIpc) is 3.31. The molecule has 0 bridgehead atoms. The van der Waals surface area contributed by atoms with Gasteiger partial charge in [0.25, 0.3) is 0 Å². The van der Waals surface area contributed by atoms with Gasteiger partial charge in [-0.1, -0.05) is 25.0 Å². The van der Waals surface area contributed by atoms with Crippen molar-refractivity contribution < 1.29 is 0 Å². The Kier molecular flexibility index (Phi) is 2.82. The Morgan fingerprint density at radius 3 is 2.83 bits per heavy atom. The molecule has 7 nitrogen and oxygen atoms in total. The molecule has 0 aliphatic heterocycles. The number of benzene rings is 1. The Morgan fingerprint density at radius 2 is 1.96 bits per heavy atom. The number of fused-ring (bicyclic) bond motifs is 2. The minimum Gasteiger partial charge on any atom is -0.303 e. The van der Waals surface area contributed by atoms with Crippen molar-refractivity contribution in [3.05, 3.63) is 47.3 Å². The summed E-state index contributed by atoms with van der Waals surface area (Å²) in [4.78, 5) is 28.7. The fourth-order valence-electron chi connectivity index (χ4n) is 3.64. The van der Waals surface area contributed by atoms with Gasteiger partial charge in [0, 0.05) is 6.04 Å². The van der Waals surface area contributed by atoms with Gasteiger partial charge in [0.05, 0.1) is 17.2 Å². The van der Waals surface area contributed by atoms with Crippen LogP contribution in [-0.2, 0) is 0 Å². The Morgan fingerprint density at radius 1 is 1.12 bits per heavy atom. The SMILES string of the molecule is O=c1[nH]c2cnc(-n3cnc4ccccc43)nc2n1C1CCCC1. The molecular weight excluding hydrogens is 304 g/mol. The van der Waals surface area contributed by atoms with Crippen molar-refractivity contribution >= 4 is 22.2 Å². The first kappa shape index (κ1) is 13.5. The zero-order valence-electron chi connectivity index (χ0n) is 13.0. The topological polar surface area (TPSA) is 81.4 Å². The highest BCUT2D eigenvalue weighted by Gasteiger charge is 2.22. The number of nitrogens with zero attached hydrogens (tertiary/aromatic N) is 5. The number of para-hydroxylation sites is 2. The number of nitrogens with one attached hydrogen (secondary N) is 1. The predicted octanol–water partition coefficient (Wildman–Crippen LogP) is 2.57. The second-order valence-corrected chi connectivity index (χ2v) is 6.25. The molecule has 1 aliphatic carbocycles. The van der Waals surface area contributed by atoms with Crippen LogP contribution in [0, 0.1) is 0 Å². The fraction of sp³-hybridized carbons (Fsp3) is 0.294. The van der Waals surface area contributed by atoms with Crippen molar-refractivity contribution in [3.8, 4) is 5.95 Å². The van der Waals surface area contributed by atoms with E-state index in [4.69, 9.17) is 0 Å². The standard InChI is InChI=1S/C17H16N6O/c24-17-20-13-9-18-16(21-15(13)23(17)11-5-1-2-6-11)22-10-19-12-7-3-4-8-14(12)22/h3-4,7-11H,1-2,5-6H2,(H,20,24). The molecule has 4 aromatic rings. The molecule has 0 saturated heterocycles. The van der Waals surface area contributed by atoms with Crippen LogP contribution >= 0.6 is 0 Å². The molecule has 7 heteroatoms. The molecule has 120 valence electrons. The van der Waals surface area contributed by atoms with Gasteiger partial charge in [-0.25, -0.2) is 14.8 Å². The monoisotopic (exact) mass is 320 g/mol. The summed E-state index contributed by atoms with van der Waals surface area (Å²) in [6.45, 7) is 0. The highest BCUT2D eigenvalue weighted by Crippen LogP contribution is 2.30. The van der Waals surface area contributed by atoms with Crippen molar-refractivity contribution in [1.29, 1.82) is 0 Å². The number of rotatable bonds is 2. The lowest BCUT2D eigenvalue weighted by atomic mass is 10.2. The Balaban J connectivity index is 1.73. The lowest BCUT2D eigenvalue weighted by Gasteiger charge is -2.10. The molecule has 0 amide bonds. The Hall–Kier alpha value is -2.96. The van der Waals surface area contributed by atoms with Crippen LogP contribution in [0.25, 0.3) is 28.1 Å². The van der Waals surface area contributed by atoms with Gasteiger partial charge in [0.2, 0.25) is 5.95 Å². The van der Waals surface area contributed by atoms with Crippen LogP contribution < -0.4 is 5.69 Å². The molecule has 1 N–H and O–H groups in total. The Labute approximate surface area is 137 Å². The lowest BCUT2D eigenvalue weighted by Crippen LogP contribution is -2.20. The highest BCUT2D eigenvalue weighted by atomic mass is 16.1. The van der Waals surface area contributed by atoms with E-state index in [1.54, 1.807) is 17.1 Å². The average molecular weight is 320 g/mol. The van der Waals surface area contributed by atoms with Crippen LogP contribution in [0.15, 0.2) is 41.6 Å². The second kappa shape index (κ2) is 5.02. The summed E-state index contributed by atoms with van der Waals surface area (Å²) in [5.41, 5.74) is 3.10. The molecule has 3 heterocycles. The number of aromatic nitrogens is 6. The molecule has 0 spiro atoms. The van der Waals surface area contributed by atoms with E-state index < -0.39 is 0 Å². The molecule has 0 atom stereocenters. The maximum absolute atomic E-state index is 12.4. The summed E-state index contributed by atoms with van der Waals surface area (Å²) in [5.74, 6) is 0.530. The van der Waals surface area contributed by atoms with Gasteiger partial charge in [-0.2, -0.15) is 4.98 Å². The zero-order valence-corrected chi connectivity index (χ0v) is 13.0. The highest BCUT2D eigenvalue weighted by molar-refractivity contribution is 5.77. The van der Waals surface area contributed by atoms with Crippen molar-refractivity contribution in [1.82, 2.24) is 29.1 Å². The number of imidazole rings is 2. The number of hydrogen-bond acceptors (Lipinski definition) is 4. The van der Waals surface area contributed by atoms with E-state index in [1.807, 2.05) is 28.8 Å². The summed E-state index contributed by atoms with van der Waals surface area (Å²) in [6.07, 6.45) is 7.78. The van der Waals surface area contributed by atoms with E-state index in [0.29, 0.717) is 17.1 Å². The summed E-state index contributed by atoms with van der Waals surface area (Å²) < 4.78 is 3.65. The van der Waals surface area contributed by atoms with E-state index in [2.05, 4.69) is 19.9 Å². The lowest BCUT2D eigenvalue weighted by molar-refractivity contribution is 0.514. The third kappa shape index (κ3) is 1.90. The van der Waals surface area contributed by atoms with E-state index in [1.165, 1.54) is 0 Å². The summed E-state index contributed by atoms with van der Waals surface area (Å²) >= 11 is 0. The largest absolute Gasteiger partial charge is 0.327 e. The number of H-pyrrole nitrogens is 1. The Bertz CT molecular complexity index is 1100. The molecule has 3 aromatic heterocycles. The van der Waals surface area contributed by atoms with Gasteiger partial charge in [0.15, 0.2) is 5.65 Å². The molecular formula is C17H16N6O. The first-order valence-electron chi connectivity index (χ1n) is 8.21. The van der Waals surface area contributed by atoms with Gasteiger partial charge in [-0.05, 0) is 25.0 Å². The first-order chi connectivity index (χ1) is 11.8. The van der Waals surface area contributed by atoms with Crippen LogP contribution in [-0.4, -0.2) is 29.1 Å². The molecule has 0 radical (unpaired) electrons. The molecule has 1 aromatic carbocycles. The minimum atomic E-state index is -0.0983. The molecule has 0 unspecified atom stereocenters. The smallest absolute Gasteiger partial charge is 0.303 e. The van der Waals surface area contributed by atoms with Crippen molar-refractivity contribution in [2.45, 2.75) is 31.7 Å². The summed E-state index contributed by atoms with van der Waals surface area (Å²) in [6, 6.07) is 8.08. The third-order valence-electron chi connectivity index (χ3n) is 4.80. The third-order valence-corrected chi connectivity index (χ3v) is 4.80. The molecule has 24 heavy (non-hydrogen) atoms. The molecule has 1 fully saturated rings. The van der Waals surface area contributed by atoms with Gasteiger partial charge >= 0.3 is 5.69 Å². The molecule has 5 rings (SSSR count). The quantitative estimate of drug-likeness (QED) is 0.615. The maximum Gasteiger partial charge on any atom is 0.327 e. The van der Waals surface area contributed by atoms with E-state index in [0.717, 1.165) is 36.7 Å². The van der Waals surface area contributed by atoms with Crippen LogP contribution in [0.1, 0.15) is 31.7 Å². The second-order valence-electron chi connectivity index (χ2n) is 6.25. The minimum absolute atomic E-state index is 0.0983. The molecule has 1 aliphatic rings. The van der Waals surface area contributed by atoms with Crippen LogP contribution in [0.3, 0.4) is 0 Å². The van der Waals surface area contributed by atoms with Gasteiger partial charge in [0.1, 0.15) is 11.8 Å².